The minimum Gasteiger partial charge on any atom is -0.311 e. The molecule has 0 N–H and O–H groups in total. The lowest BCUT2D eigenvalue weighted by Gasteiger charge is -2.36. The Morgan fingerprint density at radius 2 is 1.30 bits per heavy atom. The lowest BCUT2D eigenvalue weighted by molar-refractivity contribution is 0.591. The fraction of sp³-hybridized carbons (Fsp3) is 0.0952. The molecule has 218 valence electrons. The van der Waals surface area contributed by atoms with Crippen LogP contribution in [0.15, 0.2) is 127 Å². The normalized spacial score (nSPS) is 13.5. The summed E-state index contributed by atoms with van der Waals surface area (Å²) < 4.78 is 5.55. The van der Waals surface area contributed by atoms with Crippen molar-refractivity contribution in [3.05, 3.63) is 133 Å². The van der Waals surface area contributed by atoms with Gasteiger partial charge in [0.1, 0.15) is 0 Å². The van der Waals surface area contributed by atoms with Gasteiger partial charge in [0.05, 0.1) is 0 Å². The standard InChI is InChI=1S/C42H30BNS2/c1-42(2,3)27-18-20-38-31(24-27)39-32-22-26(25-17-19-37-30(21-25)29-13-7-10-16-36(29)45-37)23-35-40(32)43(41(39)46-38)33-14-8-9-15-34(33)44(35)28-11-5-4-6-12-28/h4-24H,1-3H3. The largest absolute Gasteiger partial charge is 0.311 e. The number of hydrogen-bond acceptors (Lipinski definition) is 3. The van der Waals surface area contributed by atoms with Crippen LogP contribution < -0.4 is 20.6 Å². The van der Waals surface area contributed by atoms with E-state index in [0.717, 1.165) is 0 Å². The second-order valence-electron chi connectivity index (χ2n) is 13.7. The molecule has 10 rings (SSSR count). The van der Waals surface area contributed by atoms with Gasteiger partial charge in [-0.2, -0.15) is 0 Å². The molecule has 6 aromatic carbocycles. The van der Waals surface area contributed by atoms with Gasteiger partial charge in [0.2, 0.25) is 0 Å². The first-order valence-corrected chi connectivity index (χ1v) is 17.7. The van der Waals surface area contributed by atoms with Crippen molar-refractivity contribution >= 4 is 92.4 Å². The summed E-state index contributed by atoms with van der Waals surface area (Å²) in [6.45, 7) is 7.18. The highest BCUT2D eigenvalue weighted by Gasteiger charge is 2.44. The molecule has 4 heterocycles. The zero-order valence-corrected chi connectivity index (χ0v) is 27.6. The highest BCUT2D eigenvalue weighted by molar-refractivity contribution is 7.34. The van der Waals surface area contributed by atoms with Gasteiger partial charge in [0.25, 0.3) is 6.71 Å². The quantitative estimate of drug-likeness (QED) is 0.173. The average Bonchev–Trinajstić information content (AvgIpc) is 3.74. The molecule has 0 atom stereocenters. The summed E-state index contributed by atoms with van der Waals surface area (Å²) in [5, 5.41) is 4.07. The molecule has 8 aromatic rings. The van der Waals surface area contributed by atoms with Gasteiger partial charge >= 0.3 is 0 Å². The van der Waals surface area contributed by atoms with Crippen molar-refractivity contribution in [3.8, 4) is 22.3 Å². The summed E-state index contributed by atoms with van der Waals surface area (Å²) in [6.07, 6.45) is 0. The predicted molar refractivity (Wildman–Crippen MR) is 204 cm³/mol. The summed E-state index contributed by atoms with van der Waals surface area (Å²) in [5.41, 5.74) is 13.4. The molecule has 2 aliphatic rings. The van der Waals surface area contributed by atoms with Crippen molar-refractivity contribution in [2.45, 2.75) is 26.2 Å². The maximum absolute atomic E-state index is 2.51. The second kappa shape index (κ2) is 9.45. The van der Waals surface area contributed by atoms with Crippen LogP contribution in [-0.4, -0.2) is 6.71 Å². The molecule has 0 unspecified atom stereocenters. The number of nitrogens with zero attached hydrogens (tertiary/aromatic N) is 1. The van der Waals surface area contributed by atoms with Crippen molar-refractivity contribution in [2.75, 3.05) is 4.90 Å². The van der Waals surface area contributed by atoms with Crippen LogP contribution in [0.1, 0.15) is 26.3 Å². The Morgan fingerprint density at radius 3 is 2.17 bits per heavy atom. The summed E-state index contributed by atoms with van der Waals surface area (Å²) in [5.74, 6) is 0. The molecule has 0 fully saturated rings. The number of hydrogen-bond donors (Lipinski definition) is 0. The first-order chi connectivity index (χ1) is 22.4. The fourth-order valence-electron chi connectivity index (χ4n) is 7.82. The SMILES string of the molecule is CC(C)(C)c1ccc2sc3c(c2c1)-c1cc(-c2ccc4sc5ccccc5c4c2)cc2c1B3c1ccccc1N2c1ccccc1. The molecule has 0 bridgehead atoms. The lowest BCUT2D eigenvalue weighted by Crippen LogP contribution is -2.54. The number of thiophene rings is 2. The first-order valence-electron chi connectivity index (χ1n) is 16.0. The maximum atomic E-state index is 2.51. The number of benzene rings is 6. The van der Waals surface area contributed by atoms with E-state index >= 15 is 0 Å². The van der Waals surface area contributed by atoms with E-state index in [2.05, 4.69) is 153 Å². The monoisotopic (exact) mass is 623 g/mol. The van der Waals surface area contributed by atoms with Crippen molar-refractivity contribution in [3.63, 3.8) is 0 Å². The van der Waals surface area contributed by atoms with E-state index in [1.165, 1.54) is 90.8 Å². The molecular weight excluding hydrogens is 593 g/mol. The molecule has 0 saturated carbocycles. The molecular formula is C42H30BNS2. The van der Waals surface area contributed by atoms with Gasteiger partial charge in [-0.05, 0) is 110 Å². The van der Waals surface area contributed by atoms with E-state index in [0.29, 0.717) is 0 Å². The lowest BCUT2D eigenvalue weighted by atomic mass is 9.39. The smallest absolute Gasteiger partial charge is 0.260 e. The zero-order valence-electron chi connectivity index (χ0n) is 26.0. The van der Waals surface area contributed by atoms with Gasteiger partial charge in [0, 0.05) is 47.3 Å². The highest BCUT2D eigenvalue weighted by atomic mass is 32.1. The van der Waals surface area contributed by atoms with Gasteiger partial charge in [0.15, 0.2) is 0 Å². The molecule has 0 radical (unpaired) electrons. The van der Waals surface area contributed by atoms with E-state index in [4.69, 9.17) is 0 Å². The van der Waals surface area contributed by atoms with Crippen LogP contribution in [0, 0.1) is 0 Å². The highest BCUT2D eigenvalue weighted by Crippen LogP contribution is 2.47. The summed E-state index contributed by atoms with van der Waals surface area (Å²) in [4.78, 5) is 2.51. The zero-order chi connectivity index (χ0) is 30.7. The molecule has 1 nitrogen and oxygen atoms in total. The van der Waals surface area contributed by atoms with E-state index in [9.17, 15) is 0 Å². The Hall–Kier alpha value is -4.64. The maximum Gasteiger partial charge on any atom is 0.260 e. The molecule has 0 amide bonds. The van der Waals surface area contributed by atoms with Gasteiger partial charge in [-0.15, -0.1) is 22.7 Å². The van der Waals surface area contributed by atoms with Gasteiger partial charge in [-0.3, -0.25) is 0 Å². The van der Waals surface area contributed by atoms with Crippen LogP contribution in [0.5, 0.6) is 0 Å². The molecule has 0 saturated heterocycles. The fourth-order valence-corrected chi connectivity index (χ4v) is 10.2. The Balaban J connectivity index is 1.30. The molecule has 4 heteroatoms. The second-order valence-corrected chi connectivity index (χ2v) is 15.9. The predicted octanol–water partition coefficient (Wildman–Crippen LogP) is 10.5. The minimum atomic E-state index is 0.0836. The number of anilines is 3. The van der Waals surface area contributed by atoms with E-state index in [1.54, 1.807) is 0 Å². The van der Waals surface area contributed by atoms with Gasteiger partial charge < -0.3 is 4.90 Å². The topological polar surface area (TPSA) is 3.24 Å². The van der Waals surface area contributed by atoms with Gasteiger partial charge in [-0.25, -0.2) is 0 Å². The van der Waals surface area contributed by atoms with E-state index in [1.807, 2.05) is 22.7 Å². The van der Waals surface area contributed by atoms with Crippen molar-refractivity contribution < 1.29 is 0 Å². The van der Waals surface area contributed by atoms with Crippen LogP contribution >= 0.6 is 22.7 Å². The molecule has 0 aliphatic carbocycles. The third-order valence-electron chi connectivity index (χ3n) is 10.0. The average molecular weight is 624 g/mol. The molecule has 2 aromatic heterocycles. The van der Waals surface area contributed by atoms with Crippen LogP contribution in [0.25, 0.3) is 52.5 Å². The summed E-state index contributed by atoms with van der Waals surface area (Å²) >= 11 is 3.87. The third kappa shape index (κ3) is 3.69. The van der Waals surface area contributed by atoms with Crippen LogP contribution in [0.4, 0.5) is 17.1 Å². The Morgan fingerprint density at radius 1 is 0.565 bits per heavy atom. The van der Waals surface area contributed by atoms with E-state index in [-0.39, 0.29) is 12.1 Å². The summed E-state index contributed by atoms with van der Waals surface area (Å²) in [7, 11) is 0. The van der Waals surface area contributed by atoms with Crippen molar-refractivity contribution in [2.24, 2.45) is 0 Å². The van der Waals surface area contributed by atoms with Crippen LogP contribution in [0.3, 0.4) is 0 Å². The molecule has 2 aliphatic heterocycles. The molecule has 0 spiro atoms. The third-order valence-corrected chi connectivity index (χ3v) is 12.4. The Kier molecular flexibility index (Phi) is 5.46. The number of fused-ring (bicyclic) bond motifs is 10. The van der Waals surface area contributed by atoms with Crippen molar-refractivity contribution in [1.82, 2.24) is 0 Å². The number of rotatable bonds is 2. The molecule has 46 heavy (non-hydrogen) atoms. The first kappa shape index (κ1) is 26.6. The van der Waals surface area contributed by atoms with Crippen LogP contribution in [0.2, 0.25) is 0 Å². The van der Waals surface area contributed by atoms with E-state index < -0.39 is 0 Å². The summed E-state index contributed by atoms with van der Waals surface area (Å²) in [6, 6.07) is 48.0. The van der Waals surface area contributed by atoms with Crippen molar-refractivity contribution in [1.29, 1.82) is 0 Å². The Labute approximate surface area is 277 Å². The van der Waals surface area contributed by atoms with Gasteiger partial charge in [-0.1, -0.05) is 87.5 Å². The number of para-hydroxylation sites is 2. The Bertz CT molecular complexity index is 2530. The minimum absolute atomic E-state index is 0.0836. The van der Waals surface area contributed by atoms with Crippen LogP contribution in [-0.2, 0) is 5.41 Å².